The number of phenols is 1. The van der Waals surface area contributed by atoms with E-state index in [-0.39, 0.29) is 23.2 Å². The fraction of sp³-hybridized carbons (Fsp3) is 0.750. The molecule has 3 N–H and O–H groups in total. The highest BCUT2D eigenvalue weighted by molar-refractivity contribution is 5.44. The Morgan fingerprint density at radius 1 is 1.25 bits per heavy atom. The van der Waals surface area contributed by atoms with Crippen LogP contribution in [0.25, 0.3) is 0 Å². The Morgan fingerprint density at radius 2 is 2.07 bits per heavy atom. The van der Waals surface area contributed by atoms with E-state index < -0.39 is 0 Å². The molecule has 2 unspecified atom stereocenters. The summed E-state index contributed by atoms with van der Waals surface area (Å²) in [5, 5.41) is 23.5. The van der Waals surface area contributed by atoms with Crippen molar-refractivity contribution in [1.82, 2.24) is 5.32 Å². The summed E-state index contributed by atoms with van der Waals surface area (Å²) in [5.74, 6) is 1.07. The molecule has 0 spiro atoms. The summed E-state index contributed by atoms with van der Waals surface area (Å²) < 4.78 is 6.16. The van der Waals surface area contributed by atoms with Gasteiger partial charge in [0.1, 0.15) is 5.75 Å². The van der Waals surface area contributed by atoms with E-state index in [1.54, 1.807) is 0 Å². The van der Waals surface area contributed by atoms with Gasteiger partial charge < -0.3 is 20.3 Å². The Balaban J connectivity index is 1.54. The maximum Gasteiger partial charge on any atom is 0.115 e. The SMILES string of the molecule is CC(C)(CCO)OCCC12CCC[C@]3(C)c4cc(O)ccc4C[C@H](CC1)C3N2. The summed E-state index contributed by atoms with van der Waals surface area (Å²) in [6.45, 7) is 7.47. The van der Waals surface area contributed by atoms with E-state index in [9.17, 15) is 10.2 Å². The zero-order chi connectivity index (χ0) is 20.0. The second kappa shape index (κ2) is 7.30. The van der Waals surface area contributed by atoms with E-state index in [0.717, 1.165) is 19.4 Å². The average Bonchev–Trinajstić information content (AvgIpc) is 2.76. The minimum Gasteiger partial charge on any atom is -0.508 e. The van der Waals surface area contributed by atoms with Gasteiger partial charge in [-0.05, 0) is 88.0 Å². The number of hydrogen-bond donors (Lipinski definition) is 3. The molecule has 3 aliphatic rings. The lowest BCUT2D eigenvalue weighted by molar-refractivity contribution is -0.0460. The number of nitrogens with one attached hydrogen (secondary N) is 1. The number of ether oxygens (including phenoxy) is 1. The van der Waals surface area contributed by atoms with Gasteiger partial charge in [-0.2, -0.15) is 0 Å². The molecule has 0 aromatic heterocycles. The van der Waals surface area contributed by atoms with Crippen molar-refractivity contribution in [2.75, 3.05) is 13.2 Å². The second-order valence-corrected chi connectivity index (χ2v) is 10.3. The quantitative estimate of drug-likeness (QED) is 0.689. The molecule has 2 saturated heterocycles. The monoisotopic (exact) mass is 387 g/mol. The number of piperidine rings is 1. The van der Waals surface area contributed by atoms with Crippen LogP contribution in [0.1, 0.15) is 76.8 Å². The van der Waals surface area contributed by atoms with Crippen LogP contribution in [0.15, 0.2) is 18.2 Å². The van der Waals surface area contributed by atoms with Crippen LogP contribution in [0.3, 0.4) is 0 Å². The van der Waals surface area contributed by atoms with Crippen molar-refractivity contribution in [3.63, 3.8) is 0 Å². The molecule has 1 aromatic carbocycles. The molecule has 4 atom stereocenters. The largest absolute Gasteiger partial charge is 0.508 e. The van der Waals surface area contributed by atoms with Crippen LogP contribution in [0, 0.1) is 5.92 Å². The fourth-order valence-electron chi connectivity index (χ4n) is 6.24. The molecule has 4 rings (SSSR count). The molecule has 4 heteroatoms. The Labute approximate surface area is 169 Å². The molecule has 2 fully saturated rings. The third-order valence-electron chi connectivity index (χ3n) is 7.94. The van der Waals surface area contributed by atoms with Crippen molar-refractivity contribution in [2.24, 2.45) is 5.92 Å². The van der Waals surface area contributed by atoms with Gasteiger partial charge in [-0.25, -0.2) is 0 Å². The van der Waals surface area contributed by atoms with E-state index >= 15 is 0 Å². The number of aliphatic hydroxyl groups is 1. The molecular weight excluding hydrogens is 350 g/mol. The highest BCUT2D eigenvalue weighted by Gasteiger charge is 2.53. The number of aromatic hydroxyl groups is 1. The second-order valence-electron chi connectivity index (χ2n) is 10.3. The van der Waals surface area contributed by atoms with Crippen LogP contribution in [0.2, 0.25) is 0 Å². The molecule has 0 radical (unpaired) electrons. The van der Waals surface area contributed by atoms with Crippen molar-refractivity contribution < 1.29 is 14.9 Å². The predicted octanol–water partition coefficient (Wildman–Crippen LogP) is 4.06. The number of phenolic OH excluding ortho intramolecular Hbond substituents is 1. The minimum atomic E-state index is -0.261. The number of aliphatic hydroxyl groups excluding tert-OH is 1. The summed E-state index contributed by atoms with van der Waals surface area (Å²) in [6, 6.07) is 6.50. The van der Waals surface area contributed by atoms with Crippen LogP contribution in [0.4, 0.5) is 0 Å². The fourth-order valence-corrected chi connectivity index (χ4v) is 6.24. The van der Waals surface area contributed by atoms with E-state index in [1.165, 1.54) is 43.2 Å². The Kier molecular flexibility index (Phi) is 5.26. The molecule has 2 heterocycles. The van der Waals surface area contributed by atoms with Crippen molar-refractivity contribution in [2.45, 2.75) is 94.7 Å². The number of rotatable bonds is 6. The first kappa shape index (κ1) is 20.2. The smallest absolute Gasteiger partial charge is 0.115 e. The highest BCUT2D eigenvalue weighted by atomic mass is 16.5. The van der Waals surface area contributed by atoms with Crippen molar-refractivity contribution in [1.29, 1.82) is 0 Å². The maximum atomic E-state index is 10.1. The van der Waals surface area contributed by atoms with Gasteiger partial charge in [0.2, 0.25) is 0 Å². The molecule has 2 aliphatic heterocycles. The van der Waals surface area contributed by atoms with Gasteiger partial charge >= 0.3 is 0 Å². The van der Waals surface area contributed by atoms with Crippen LogP contribution in [-0.2, 0) is 16.6 Å². The zero-order valence-corrected chi connectivity index (χ0v) is 17.8. The third kappa shape index (κ3) is 3.59. The topological polar surface area (TPSA) is 61.7 Å². The van der Waals surface area contributed by atoms with Gasteiger partial charge in [0.05, 0.1) is 5.60 Å². The summed E-state index contributed by atoms with van der Waals surface area (Å²) >= 11 is 0. The molecular formula is C24H37NO3. The van der Waals surface area contributed by atoms with Gasteiger partial charge in [-0.3, -0.25) is 0 Å². The van der Waals surface area contributed by atoms with Crippen molar-refractivity contribution in [3.05, 3.63) is 29.3 Å². The first-order chi connectivity index (χ1) is 13.3. The van der Waals surface area contributed by atoms with Crippen LogP contribution in [0.5, 0.6) is 5.75 Å². The van der Waals surface area contributed by atoms with E-state index in [4.69, 9.17) is 4.74 Å². The standard InChI is InChI=1S/C24H37NO3/c1-22(2,11-13-26)28-14-12-24-9-4-8-23(3)20-16-19(27)6-5-17(20)15-18(7-10-24)21(23)25-24/h5-6,16,18,21,25-27H,4,7-15H2,1-3H3/t18-,21?,23+,24?/m0/s1. The van der Waals surface area contributed by atoms with Crippen LogP contribution >= 0.6 is 0 Å². The zero-order valence-electron chi connectivity index (χ0n) is 17.8. The van der Waals surface area contributed by atoms with Crippen molar-refractivity contribution in [3.8, 4) is 5.75 Å². The van der Waals surface area contributed by atoms with Crippen molar-refractivity contribution >= 4 is 0 Å². The van der Waals surface area contributed by atoms with Gasteiger partial charge in [-0.15, -0.1) is 0 Å². The Hall–Kier alpha value is -1.10. The van der Waals surface area contributed by atoms with Gasteiger partial charge in [-0.1, -0.05) is 19.4 Å². The lowest BCUT2D eigenvalue weighted by Gasteiger charge is -2.53. The number of benzene rings is 1. The number of hydrogen-bond acceptors (Lipinski definition) is 4. The third-order valence-corrected chi connectivity index (χ3v) is 7.94. The first-order valence-electron chi connectivity index (χ1n) is 11.1. The average molecular weight is 388 g/mol. The molecule has 1 aliphatic carbocycles. The number of fused-ring (bicyclic) bond motifs is 3. The molecule has 2 bridgehead atoms. The Bertz CT molecular complexity index is 718. The summed E-state index contributed by atoms with van der Waals surface area (Å²) in [6.07, 6.45) is 8.92. The molecule has 0 amide bonds. The molecule has 28 heavy (non-hydrogen) atoms. The van der Waals surface area contributed by atoms with Gasteiger partial charge in [0.25, 0.3) is 0 Å². The lowest BCUT2D eigenvalue weighted by Crippen LogP contribution is -2.63. The molecule has 1 aromatic rings. The summed E-state index contributed by atoms with van der Waals surface area (Å²) in [7, 11) is 0. The van der Waals surface area contributed by atoms with Crippen LogP contribution in [-0.4, -0.2) is 40.6 Å². The van der Waals surface area contributed by atoms with Gasteiger partial charge in [0.15, 0.2) is 0 Å². The van der Waals surface area contributed by atoms with E-state index in [2.05, 4.69) is 32.2 Å². The molecule has 156 valence electrons. The predicted molar refractivity (Wildman–Crippen MR) is 112 cm³/mol. The van der Waals surface area contributed by atoms with Gasteiger partial charge in [0, 0.05) is 30.2 Å². The normalized spacial score (nSPS) is 34.6. The van der Waals surface area contributed by atoms with E-state index in [1.807, 2.05) is 12.1 Å². The first-order valence-corrected chi connectivity index (χ1v) is 11.1. The van der Waals surface area contributed by atoms with E-state index in [0.29, 0.717) is 24.1 Å². The maximum absolute atomic E-state index is 10.1. The minimum absolute atomic E-state index is 0.0934. The highest BCUT2D eigenvalue weighted by Crippen LogP contribution is 2.52. The van der Waals surface area contributed by atoms with Crippen LogP contribution < -0.4 is 5.32 Å². The summed E-state index contributed by atoms with van der Waals surface area (Å²) in [5.41, 5.74) is 2.80. The molecule has 4 nitrogen and oxygen atoms in total. The Morgan fingerprint density at radius 3 is 2.86 bits per heavy atom. The summed E-state index contributed by atoms with van der Waals surface area (Å²) in [4.78, 5) is 0. The lowest BCUT2D eigenvalue weighted by atomic mass is 9.60. The molecule has 0 saturated carbocycles.